The Kier molecular flexibility index (Phi) is 5.64. The summed E-state index contributed by atoms with van der Waals surface area (Å²) in [5.41, 5.74) is 3.45. The van der Waals surface area contributed by atoms with Crippen molar-refractivity contribution in [2.75, 3.05) is 6.61 Å². The van der Waals surface area contributed by atoms with Gasteiger partial charge in [-0.15, -0.1) is 0 Å². The van der Waals surface area contributed by atoms with Crippen molar-refractivity contribution in [1.82, 2.24) is 0 Å². The zero-order chi connectivity index (χ0) is 17.6. The Labute approximate surface area is 149 Å². The van der Waals surface area contributed by atoms with E-state index in [0.29, 0.717) is 17.0 Å². The highest BCUT2D eigenvalue weighted by molar-refractivity contribution is 5.99. The second kappa shape index (κ2) is 8.11. The SMILES string of the molecule is Cc1ccc(C(=O)OCC(=O)c2ccc(C3CCCCC3)cc2)cc1. The maximum absolute atomic E-state index is 12.2. The molecular weight excluding hydrogens is 312 g/mol. The molecule has 1 aliphatic carbocycles. The maximum atomic E-state index is 12.2. The molecule has 0 spiro atoms. The summed E-state index contributed by atoms with van der Waals surface area (Å²) in [7, 11) is 0. The van der Waals surface area contributed by atoms with Gasteiger partial charge >= 0.3 is 5.97 Å². The molecule has 0 atom stereocenters. The van der Waals surface area contributed by atoms with Crippen molar-refractivity contribution < 1.29 is 14.3 Å². The number of rotatable bonds is 5. The Morgan fingerprint density at radius 2 is 1.48 bits per heavy atom. The molecule has 3 rings (SSSR count). The molecule has 0 aliphatic heterocycles. The number of ether oxygens (including phenoxy) is 1. The number of carbonyl (C=O) groups is 2. The Hall–Kier alpha value is -2.42. The second-order valence-electron chi connectivity index (χ2n) is 6.82. The molecule has 0 unspecified atom stereocenters. The van der Waals surface area contributed by atoms with Gasteiger partial charge in [0.15, 0.2) is 12.4 Å². The Balaban J connectivity index is 1.55. The van der Waals surface area contributed by atoms with E-state index in [0.717, 1.165) is 5.56 Å². The Bertz CT molecular complexity index is 723. The molecule has 2 aromatic rings. The van der Waals surface area contributed by atoms with Crippen LogP contribution < -0.4 is 0 Å². The molecule has 0 bridgehead atoms. The molecule has 0 N–H and O–H groups in total. The summed E-state index contributed by atoms with van der Waals surface area (Å²) in [6, 6.07) is 14.9. The third kappa shape index (κ3) is 4.56. The molecule has 0 heterocycles. The van der Waals surface area contributed by atoms with Crippen molar-refractivity contribution in [3.05, 3.63) is 70.8 Å². The lowest BCUT2D eigenvalue weighted by molar-refractivity contribution is 0.0475. The van der Waals surface area contributed by atoms with Gasteiger partial charge in [0.2, 0.25) is 0 Å². The van der Waals surface area contributed by atoms with Crippen molar-refractivity contribution in [3.63, 3.8) is 0 Å². The largest absolute Gasteiger partial charge is 0.454 e. The lowest BCUT2D eigenvalue weighted by atomic mass is 9.84. The van der Waals surface area contributed by atoms with Crippen LogP contribution in [0.5, 0.6) is 0 Å². The third-order valence-electron chi connectivity index (χ3n) is 4.93. The predicted molar refractivity (Wildman–Crippen MR) is 98.1 cm³/mol. The lowest BCUT2D eigenvalue weighted by Gasteiger charge is -2.22. The number of Topliss-reactive ketones (excluding diaryl/α,β-unsaturated/α-hetero) is 1. The van der Waals surface area contributed by atoms with Crippen LogP contribution >= 0.6 is 0 Å². The topological polar surface area (TPSA) is 43.4 Å². The summed E-state index contributed by atoms with van der Waals surface area (Å²) in [6.45, 7) is 1.73. The number of carbonyl (C=O) groups excluding carboxylic acids is 2. The van der Waals surface area contributed by atoms with E-state index in [1.54, 1.807) is 12.1 Å². The van der Waals surface area contributed by atoms with Gasteiger partial charge in [-0.2, -0.15) is 0 Å². The average Bonchev–Trinajstić information content (AvgIpc) is 2.67. The van der Waals surface area contributed by atoms with Crippen LogP contribution in [0.1, 0.15) is 69.9 Å². The number of esters is 1. The molecule has 0 amide bonds. The van der Waals surface area contributed by atoms with E-state index < -0.39 is 5.97 Å². The van der Waals surface area contributed by atoms with E-state index in [1.807, 2.05) is 43.3 Å². The van der Waals surface area contributed by atoms with Gasteiger partial charge in [-0.25, -0.2) is 4.79 Å². The highest BCUT2D eigenvalue weighted by Gasteiger charge is 2.16. The normalized spacial score (nSPS) is 14.9. The third-order valence-corrected chi connectivity index (χ3v) is 4.93. The first-order valence-corrected chi connectivity index (χ1v) is 9.00. The van der Waals surface area contributed by atoms with E-state index in [1.165, 1.54) is 37.7 Å². The molecule has 3 heteroatoms. The van der Waals surface area contributed by atoms with Crippen LogP contribution in [-0.2, 0) is 4.74 Å². The van der Waals surface area contributed by atoms with E-state index in [2.05, 4.69) is 0 Å². The molecule has 25 heavy (non-hydrogen) atoms. The van der Waals surface area contributed by atoms with Crippen molar-refractivity contribution in [1.29, 1.82) is 0 Å². The first-order chi connectivity index (χ1) is 12.1. The molecule has 0 radical (unpaired) electrons. The van der Waals surface area contributed by atoms with Gasteiger partial charge in [-0.1, -0.05) is 61.2 Å². The average molecular weight is 336 g/mol. The van der Waals surface area contributed by atoms with Crippen LogP contribution in [0.3, 0.4) is 0 Å². The van der Waals surface area contributed by atoms with E-state index in [4.69, 9.17) is 4.74 Å². The monoisotopic (exact) mass is 336 g/mol. The number of aryl methyl sites for hydroxylation is 1. The summed E-state index contributed by atoms with van der Waals surface area (Å²) >= 11 is 0. The Morgan fingerprint density at radius 3 is 2.12 bits per heavy atom. The molecule has 0 aromatic heterocycles. The minimum atomic E-state index is -0.466. The zero-order valence-corrected chi connectivity index (χ0v) is 14.7. The molecule has 1 aliphatic rings. The molecule has 130 valence electrons. The van der Waals surface area contributed by atoms with E-state index in [9.17, 15) is 9.59 Å². The van der Waals surface area contributed by atoms with Crippen LogP contribution in [0.4, 0.5) is 0 Å². The van der Waals surface area contributed by atoms with Gasteiger partial charge in [0, 0.05) is 5.56 Å². The smallest absolute Gasteiger partial charge is 0.338 e. The zero-order valence-electron chi connectivity index (χ0n) is 14.7. The van der Waals surface area contributed by atoms with Crippen LogP contribution in [0.25, 0.3) is 0 Å². The fraction of sp³-hybridized carbons (Fsp3) is 0.364. The first-order valence-electron chi connectivity index (χ1n) is 9.00. The van der Waals surface area contributed by atoms with Crippen LogP contribution in [0.2, 0.25) is 0 Å². The van der Waals surface area contributed by atoms with Gasteiger partial charge in [0.05, 0.1) is 5.56 Å². The molecule has 0 saturated heterocycles. The van der Waals surface area contributed by atoms with Gasteiger partial charge < -0.3 is 4.74 Å². The summed E-state index contributed by atoms with van der Waals surface area (Å²) in [4.78, 5) is 24.2. The van der Waals surface area contributed by atoms with Gasteiger partial charge in [0.25, 0.3) is 0 Å². The van der Waals surface area contributed by atoms with Crippen LogP contribution in [0, 0.1) is 6.92 Å². The van der Waals surface area contributed by atoms with Crippen molar-refractivity contribution in [2.24, 2.45) is 0 Å². The molecule has 3 nitrogen and oxygen atoms in total. The van der Waals surface area contributed by atoms with E-state index in [-0.39, 0.29) is 12.4 Å². The highest BCUT2D eigenvalue weighted by atomic mass is 16.5. The molecule has 1 fully saturated rings. The summed E-state index contributed by atoms with van der Waals surface area (Å²) < 4.78 is 5.14. The standard InChI is InChI=1S/C22H24O3/c1-16-7-9-20(10-8-16)22(24)25-15-21(23)19-13-11-18(12-14-19)17-5-3-2-4-6-17/h7-14,17H,2-6,15H2,1H3. The number of hydrogen-bond acceptors (Lipinski definition) is 3. The number of benzene rings is 2. The van der Waals surface area contributed by atoms with Crippen molar-refractivity contribution in [2.45, 2.75) is 44.9 Å². The van der Waals surface area contributed by atoms with Crippen LogP contribution in [0.15, 0.2) is 48.5 Å². The summed E-state index contributed by atoms with van der Waals surface area (Å²) in [6.07, 6.45) is 6.39. The van der Waals surface area contributed by atoms with Crippen molar-refractivity contribution in [3.8, 4) is 0 Å². The first kappa shape index (κ1) is 17.4. The fourth-order valence-electron chi connectivity index (χ4n) is 3.36. The van der Waals surface area contributed by atoms with Gasteiger partial charge in [-0.05, 0) is 43.4 Å². The fourth-order valence-corrected chi connectivity index (χ4v) is 3.36. The van der Waals surface area contributed by atoms with Crippen molar-refractivity contribution >= 4 is 11.8 Å². The number of ketones is 1. The minimum absolute atomic E-state index is 0.171. The van der Waals surface area contributed by atoms with Crippen LogP contribution in [-0.4, -0.2) is 18.4 Å². The minimum Gasteiger partial charge on any atom is -0.454 e. The van der Waals surface area contributed by atoms with Gasteiger partial charge in [-0.3, -0.25) is 4.79 Å². The lowest BCUT2D eigenvalue weighted by Crippen LogP contribution is -2.14. The highest BCUT2D eigenvalue weighted by Crippen LogP contribution is 2.32. The Morgan fingerprint density at radius 1 is 0.880 bits per heavy atom. The van der Waals surface area contributed by atoms with E-state index >= 15 is 0 Å². The summed E-state index contributed by atoms with van der Waals surface area (Å²) in [5, 5.41) is 0. The second-order valence-corrected chi connectivity index (χ2v) is 6.82. The van der Waals surface area contributed by atoms with Gasteiger partial charge in [0.1, 0.15) is 0 Å². The molecular formula is C22H24O3. The summed E-state index contributed by atoms with van der Waals surface area (Å²) in [5.74, 6) is -0.0138. The molecule has 1 saturated carbocycles. The predicted octanol–water partition coefficient (Wildman–Crippen LogP) is 5.08. The quantitative estimate of drug-likeness (QED) is 0.565. The molecule has 2 aromatic carbocycles. The number of hydrogen-bond donors (Lipinski definition) is 0. The maximum Gasteiger partial charge on any atom is 0.338 e.